The van der Waals surface area contributed by atoms with E-state index < -0.39 is 23.6 Å². The molecule has 1 heterocycles. The van der Waals surface area contributed by atoms with Crippen LogP contribution in [0.4, 0.5) is 13.2 Å². The predicted octanol–water partition coefficient (Wildman–Crippen LogP) is 7.22. The molecule has 1 aliphatic rings. The zero-order valence-electron chi connectivity index (χ0n) is 17.1. The van der Waals surface area contributed by atoms with E-state index in [1.165, 1.54) is 24.3 Å². The van der Waals surface area contributed by atoms with Crippen molar-refractivity contribution in [3.05, 3.63) is 53.3 Å². The highest BCUT2D eigenvalue weighted by molar-refractivity contribution is 5.66. The molecule has 5 heteroatoms. The highest BCUT2D eigenvalue weighted by atomic mass is 19.2. The molecule has 2 aromatic rings. The summed E-state index contributed by atoms with van der Waals surface area (Å²) in [4.78, 5) is 0. The van der Waals surface area contributed by atoms with Crippen molar-refractivity contribution in [3.8, 4) is 16.9 Å². The fourth-order valence-electron chi connectivity index (χ4n) is 3.82. The molecule has 0 spiro atoms. The summed E-state index contributed by atoms with van der Waals surface area (Å²) in [7, 11) is 0. The molecule has 0 radical (unpaired) electrons. The Labute approximate surface area is 171 Å². The normalized spacial score (nSPS) is 19.3. The Morgan fingerprint density at radius 1 is 0.966 bits per heavy atom. The summed E-state index contributed by atoms with van der Waals surface area (Å²) in [5.74, 6) is -1.78. The average Bonchev–Trinajstić information content (AvgIpc) is 2.74. The van der Waals surface area contributed by atoms with E-state index in [2.05, 4.69) is 6.92 Å². The number of halogens is 3. The first kappa shape index (κ1) is 21.7. The molecule has 1 aliphatic heterocycles. The molecule has 158 valence electrons. The lowest BCUT2D eigenvalue weighted by Gasteiger charge is -2.29. The van der Waals surface area contributed by atoms with Crippen molar-refractivity contribution in [2.45, 2.75) is 58.5 Å². The van der Waals surface area contributed by atoms with Gasteiger partial charge in [-0.3, -0.25) is 0 Å². The number of unbranched alkanes of at least 4 members (excludes halogenated alkanes) is 1. The van der Waals surface area contributed by atoms with Gasteiger partial charge in [0.2, 0.25) is 0 Å². The number of benzene rings is 2. The van der Waals surface area contributed by atoms with Crippen LogP contribution < -0.4 is 4.74 Å². The first-order valence-corrected chi connectivity index (χ1v) is 10.6. The summed E-state index contributed by atoms with van der Waals surface area (Å²) >= 11 is 0. The van der Waals surface area contributed by atoms with E-state index in [0.717, 1.165) is 32.1 Å². The van der Waals surface area contributed by atoms with E-state index in [-0.39, 0.29) is 16.7 Å². The molecule has 0 N–H and O–H groups in total. The zero-order chi connectivity index (χ0) is 20.8. The molecule has 0 aromatic heterocycles. The van der Waals surface area contributed by atoms with Crippen LogP contribution in [0.2, 0.25) is 0 Å². The van der Waals surface area contributed by atoms with Gasteiger partial charge >= 0.3 is 0 Å². The minimum absolute atomic E-state index is 0.0148. The van der Waals surface area contributed by atoms with Gasteiger partial charge in [0.05, 0.1) is 19.3 Å². The van der Waals surface area contributed by atoms with Crippen LogP contribution in [0.15, 0.2) is 30.3 Å². The molecule has 0 bridgehead atoms. The summed E-state index contributed by atoms with van der Waals surface area (Å²) in [6, 6.07) is 7.15. The molecule has 29 heavy (non-hydrogen) atoms. The van der Waals surface area contributed by atoms with Crippen molar-refractivity contribution in [1.82, 2.24) is 0 Å². The largest absolute Gasteiger partial charge is 0.494 e. The van der Waals surface area contributed by atoms with Gasteiger partial charge in [-0.25, -0.2) is 13.2 Å². The van der Waals surface area contributed by atoms with Gasteiger partial charge in [0.25, 0.3) is 0 Å². The van der Waals surface area contributed by atoms with E-state index in [1.807, 2.05) is 6.92 Å². The Kier molecular flexibility index (Phi) is 7.59. The van der Waals surface area contributed by atoms with Gasteiger partial charge in [-0.1, -0.05) is 38.8 Å². The highest BCUT2D eigenvalue weighted by Gasteiger charge is 2.27. The number of hydrogen-bond donors (Lipinski definition) is 0. The smallest absolute Gasteiger partial charge is 0.167 e. The third kappa shape index (κ3) is 5.13. The fourth-order valence-corrected chi connectivity index (χ4v) is 3.82. The molecular weight excluding hydrogens is 377 g/mol. The van der Waals surface area contributed by atoms with E-state index in [0.29, 0.717) is 31.3 Å². The van der Waals surface area contributed by atoms with Crippen LogP contribution in [0.3, 0.4) is 0 Å². The molecule has 2 aromatic carbocycles. The summed E-state index contributed by atoms with van der Waals surface area (Å²) in [6.45, 7) is 5.14. The van der Waals surface area contributed by atoms with Gasteiger partial charge in [0, 0.05) is 22.8 Å². The van der Waals surface area contributed by atoms with Gasteiger partial charge in [0.1, 0.15) is 11.6 Å². The van der Waals surface area contributed by atoms with Crippen molar-refractivity contribution in [2.24, 2.45) is 5.92 Å². The topological polar surface area (TPSA) is 18.5 Å². The molecule has 2 atom stereocenters. The summed E-state index contributed by atoms with van der Waals surface area (Å²) in [5.41, 5.74) is 0.131. The number of hydrogen-bond acceptors (Lipinski definition) is 2. The van der Waals surface area contributed by atoms with Gasteiger partial charge in [-0.15, -0.1) is 0 Å². The number of rotatable bonds is 8. The molecule has 3 rings (SSSR count). The van der Waals surface area contributed by atoms with Crippen molar-refractivity contribution in [3.63, 3.8) is 0 Å². The monoisotopic (exact) mass is 406 g/mol. The van der Waals surface area contributed by atoms with Gasteiger partial charge in [-0.2, -0.15) is 0 Å². The Morgan fingerprint density at radius 3 is 2.41 bits per heavy atom. The highest BCUT2D eigenvalue weighted by Crippen LogP contribution is 2.37. The molecule has 1 fully saturated rings. The Morgan fingerprint density at radius 2 is 1.76 bits per heavy atom. The van der Waals surface area contributed by atoms with Crippen LogP contribution in [-0.2, 0) is 4.74 Å². The lowest BCUT2D eigenvalue weighted by molar-refractivity contribution is -0.0217. The second kappa shape index (κ2) is 10.1. The molecule has 2 nitrogen and oxygen atoms in total. The predicted molar refractivity (Wildman–Crippen MR) is 108 cm³/mol. The van der Waals surface area contributed by atoms with Crippen molar-refractivity contribution in [1.29, 1.82) is 0 Å². The van der Waals surface area contributed by atoms with Crippen molar-refractivity contribution >= 4 is 0 Å². The maximum absolute atomic E-state index is 14.8. The molecule has 1 saturated heterocycles. The van der Waals surface area contributed by atoms with Crippen molar-refractivity contribution < 1.29 is 22.6 Å². The van der Waals surface area contributed by atoms with Crippen LogP contribution in [0.5, 0.6) is 5.75 Å². The van der Waals surface area contributed by atoms with E-state index in [9.17, 15) is 13.2 Å². The maximum atomic E-state index is 14.8. The minimum atomic E-state index is -1.04. The maximum Gasteiger partial charge on any atom is 0.167 e. The quantitative estimate of drug-likeness (QED) is 0.461. The van der Waals surface area contributed by atoms with Crippen LogP contribution in [0.25, 0.3) is 11.1 Å². The Bertz CT molecular complexity index is 814. The van der Waals surface area contributed by atoms with Crippen LogP contribution >= 0.6 is 0 Å². The molecule has 0 aliphatic carbocycles. The van der Waals surface area contributed by atoms with E-state index in [1.54, 1.807) is 6.07 Å². The summed E-state index contributed by atoms with van der Waals surface area (Å²) in [6.07, 6.45) is 5.37. The van der Waals surface area contributed by atoms with Gasteiger partial charge in [0.15, 0.2) is 11.6 Å². The first-order valence-electron chi connectivity index (χ1n) is 10.6. The van der Waals surface area contributed by atoms with Crippen molar-refractivity contribution in [2.75, 3.05) is 13.2 Å². The molecular formula is C24H29F3O2. The first-order chi connectivity index (χ1) is 14.0. The van der Waals surface area contributed by atoms with Gasteiger partial charge in [-0.05, 0) is 43.7 Å². The van der Waals surface area contributed by atoms with Crippen LogP contribution in [0.1, 0.15) is 64.0 Å². The third-order valence-electron chi connectivity index (χ3n) is 5.50. The van der Waals surface area contributed by atoms with E-state index in [4.69, 9.17) is 9.47 Å². The van der Waals surface area contributed by atoms with E-state index >= 15 is 0 Å². The van der Waals surface area contributed by atoms with Crippen LogP contribution in [-0.4, -0.2) is 13.2 Å². The second-order valence-corrected chi connectivity index (χ2v) is 7.73. The van der Waals surface area contributed by atoms with Gasteiger partial charge < -0.3 is 9.47 Å². The number of ether oxygens (including phenoxy) is 2. The molecule has 2 unspecified atom stereocenters. The average molecular weight is 406 g/mol. The molecule has 0 amide bonds. The molecule has 0 saturated carbocycles. The van der Waals surface area contributed by atoms with Crippen LogP contribution in [0, 0.1) is 23.4 Å². The Balaban J connectivity index is 1.76. The Hall–Kier alpha value is -2.01. The SMILES string of the molecule is CCCCC1CCC(c2ccc(-c3ccc(OCCC)cc3F)c(F)c2F)OC1. The lowest BCUT2D eigenvalue weighted by atomic mass is 9.90. The third-order valence-corrected chi connectivity index (χ3v) is 5.50. The summed E-state index contributed by atoms with van der Waals surface area (Å²) in [5, 5.41) is 0. The minimum Gasteiger partial charge on any atom is -0.494 e. The fraction of sp³-hybridized carbons (Fsp3) is 0.500. The second-order valence-electron chi connectivity index (χ2n) is 7.73. The standard InChI is InChI=1S/C24H29F3O2/c1-3-5-6-16-7-12-22(29-15-16)20-11-10-19(23(26)24(20)27)18-9-8-17(14-21(18)25)28-13-4-2/h8-11,14,16,22H,3-7,12-13,15H2,1-2H3. The zero-order valence-corrected chi connectivity index (χ0v) is 17.1. The lowest BCUT2D eigenvalue weighted by Crippen LogP contribution is -2.21. The summed E-state index contributed by atoms with van der Waals surface area (Å²) < 4.78 is 55.3.